The summed E-state index contributed by atoms with van der Waals surface area (Å²) in [6.07, 6.45) is 0.957. The van der Waals surface area contributed by atoms with Gasteiger partial charge in [0.2, 0.25) is 5.91 Å². The fourth-order valence-corrected chi connectivity index (χ4v) is 3.85. The van der Waals surface area contributed by atoms with Gasteiger partial charge in [0, 0.05) is 52.9 Å². The summed E-state index contributed by atoms with van der Waals surface area (Å²) in [5.74, 6) is 0.444. The number of carbonyl (C=O) groups excluding carboxylic acids is 1. The molecule has 2 fully saturated rings. The molecule has 0 radical (unpaired) electrons. The van der Waals surface area contributed by atoms with Crippen molar-refractivity contribution in [1.29, 1.82) is 5.26 Å². The van der Waals surface area contributed by atoms with Crippen molar-refractivity contribution < 1.29 is 9.53 Å². The normalized spacial score (nSPS) is 21.7. The molecule has 0 saturated carbocycles. The molecule has 6 heteroatoms. The van der Waals surface area contributed by atoms with E-state index in [2.05, 4.69) is 15.9 Å². The molecule has 26 heavy (non-hydrogen) atoms. The predicted octanol–water partition coefficient (Wildman–Crippen LogP) is 1.17. The van der Waals surface area contributed by atoms with Gasteiger partial charge in [0.25, 0.3) is 0 Å². The number of carbonyl (C=O) groups is 1. The van der Waals surface area contributed by atoms with E-state index in [1.54, 1.807) is 7.11 Å². The maximum absolute atomic E-state index is 12.8. The number of nitriles is 1. The summed E-state index contributed by atoms with van der Waals surface area (Å²) in [6, 6.07) is 10.0. The standard InChI is InChI=1S/C20H28N4O2/c1-26-13-12-22-7-6-19(16-22)20(25)24-10-8-23(9-11-24)15-18-5-3-2-4-17(18)14-21/h2-5,19H,6-13,15-16H2,1H3. The Kier molecular flexibility index (Phi) is 6.62. The van der Waals surface area contributed by atoms with E-state index in [0.29, 0.717) is 5.91 Å². The first-order chi connectivity index (χ1) is 12.7. The number of methoxy groups -OCH3 is 1. The van der Waals surface area contributed by atoms with Gasteiger partial charge < -0.3 is 14.5 Å². The fraction of sp³-hybridized carbons (Fsp3) is 0.600. The van der Waals surface area contributed by atoms with Gasteiger partial charge in [0.1, 0.15) is 0 Å². The summed E-state index contributed by atoms with van der Waals surface area (Å²) in [7, 11) is 1.72. The Labute approximate surface area is 155 Å². The molecule has 140 valence electrons. The number of hydrogen-bond donors (Lipinski definition) is 0. The zero-order chi connectivity index (χ0) is 18.4. The molecular formula is C20H28N4O2. The molecule has 2 aliphatic heterocycles. The van der Waals surface area contributed by atoms with Gasteiger partial charge in [-0.3, -0.25) is 9.69 Å². The van der Waals surface area contributed by atoms with E-state index in [1.807, 2.05) is 29.2 Å². The first-order valence-corrected chi connectivity index (χ1v) is 9.41. The zero-order valence-electron chi connectivity index (χ0n) is 15.6. The SMILES string of the molecule is COCCN1CCC(C(=O)N2CCN(Cc3ccccc3C#N)CC2)C1. The van der Waals surface area contributed by atoms with Gasteiger partial charge in [-0.1, -0.05) is 18.2 Å². The molecule has 1 amide bonds. The summed E-state index contributed by atoms with van der Waals surface area (Å²) < 4.78 is 5.13. The van der Waals surface area contributed by atoms with Crippen LogP contribution in [0.1, 0.15) is 17.5 Å². The number of amides is 1. The van der Waals surface area contributed by atoms with Crippen LogP contribution in [0.2, 0.25) is 0 Å². The van der Waals surface area contributed by atoms with E-state index in [4.69, 9.17) is 4.74 Å². The smallest absolute Gasteiger partial charge is 0.227 e. The highest BCUT2D eigenvalue weighted by molar-refractivity contribution is 5.79. The molecule has 2 heterocycles. The van der Waals surface area contributed by atoms with Gasteiger partial charge in [-0.2, -0.15) is 5.26 Å². The molecule has 2 saturated heterocycles. The van der Waals surface area contributed by atoms with Crippen LogP contribution in [-0.4, -0.2) is 80.1 Å². The maximum Gasteiger partial charge on any atom is 0.227 e. The average Bonchev–Trinajstić information content (AvgIpc) is 3.16. The summed E-state index contributed by atoms with van der Waals surface area (Å²) in [5, 5.41) is 9.23. The minimum Gasteiger partial charge on any atom is -0.383 e. The molecule has 0 aliphatic carbocycles. The topological polar surface area (TPSA) is 59.8 Å². The maximum atomic E-state index is 12.8. The van der Waals surface area contributed by atoms with Gasteiger partial charge in [-0.25, -0.2) is 0 Å². The van der Waals surface area contributed by atoms with Crippen LogP contribution in [0.5, 0.6) is 0 Å². The van der Waals surface area contributed by atoms with Gasteiger partial charge in [0.05, 0.1) is 24.2 Å². The number of hydrogen-bond acceptors (Lipinski definition) is 5. The third kappa shape index (κ3) is 4.61. The number of rotatable bonds is 6. The van der Waals surface area contributed by atoms with Crippen molar-refractivity contribution in [3.05, 3.63) is 35.4 Å². The highest BCUT2D eigenvalue weighted by Gasteiger charge is 2.32. The molecule has 1 aromatic rings. The van der Waals surface area contributed by atoms with E-state index in [1.165, 1.54) is 0 Å². The van der Waals surface area contributed by atoms with Crippen LogP contribution in [0.15, 0.2) is 24.3 Å². The van der Waals surface area contributed by atoms with E-state index in [0.717, 1.165) is 76.5 Å². The second-order valence-electron chi connectivity index (χ2n) is 7.15. The minimum atomic E-state index is 0.137. The van der Waals surface area contributed by atoms with Gasteiger partial charge >= 0.3 is 0 Å². The van der Waals surface area contributed by atoms with Gasteiger partial charge in [-0.15, -0.1) is 0 Å². The molecule has 0 spiro atoms. The van der Waals surface area contributed by atoms with Crippen LogP contribution >= 0.6 is 0 Å². The Morgan fingerprint density at radius 1 is 1.19 bits per heavy atom. The summed E-state index contributed by atoms with van der Waals surface area (Å²) in [5.41, 5.74) is 1.81. The lowest BCUT2D eigenvalue weighted by molar-refractivity contribution is -0.137. The van der Waals surface area contributed by atoms with Crippen molar-refractivity contribution in [3.8, 4) is 6.07 Å². The molecule has 2 aliphatic rings. The lowest BCUT2D eigenvalue weighted by Gasteiger charge is -2.36. The monoisotopic (exact) mass is 356 g/mol. The van der Waals surface area contributed by atoms with Crippen molar-refractivity contribution in [1.82, 2.24) is 14.7 Å². The van der Waals surface area contributed by atoms with E-state index >= 15 is 0 Å². The second kappa shape index (κ2) is 9.13. The van der Waals surface area contributed by atoms with Crippen molar-refractivity contribution >= 4 is 5.91 Å². The van der Waals surface area contributed by atoms with Crippen molar-refractivity contribution in [2.75, 3.05) is 59.5 Å². The molecule has 0 bridgehead atoms. The van der Waals surface area contributed by atoms with Crippen LogP contribution < -0.4 is 0 Å². The Hall–Kier alpha value is -1.94. The predicted molar refractivity (Wildman–Crippen MR) is 99.4 cm³/mol. The van der Waals surface area contributed by atoms with Crippen molar-refractivity contribution in [2.45, 2.75) is 13.0 Å². The van der Waals surface area contributed by atoms with E-state index in [-0.39, 0.29) is 5.92 Å². The molecule has 1 aromatic carbocycles. The molecule has 0 aromatic heterocycles. The minimum absolute atomic E-state index is 0.137. The Morgan fingerprint density at radius 2 is 1.96 bits per heavy atom. The Balaban J connectivity index is 1.46. The molecule has 0 N–H and O–H groups in total. The number of benzene rings is 1. The first kappa shape index (κ1) is 18.8. The molecular weight excluding hydrogens is 328 g/mol. The fourth-order valence-electron chi connectivity index (χ4n) is 3.85. The van der Waals surface area contributed by atoms with Crippen LogP contribution in [0.4, 0.5) is 0 Å². The Bertz CT molecular complexity index is 649. The quantitative estimate of drug-likeness (QED) is 0.766. The van der Waals surface area contributed by atoms with Crippen molar-refractivity contribution in [2.24, 2.45) is 5.92 Å². The third-order valence-electron chi connectivity index (χ3n) is 5.45. The number of ether oxygens (including phenoxy) is 1. The molecule has 1 atom stereocenters. The number of likely N-dealkylation sites (tertiary alicyclic amines) is 1. The van der Waals surface area contributed by atoms with E-state index < -0.39 is 0 Å². The summed E-state index contributed by atoms with van der Waals surface area (Å²) in [4.78, 5) is 19.5. The van der Waals surface area contributed by atoms with Gasteiger partial charge in [0.15, 0.2) is 0 Å². The largest absolute Gasteiger partial charge is 0.383 e. The zero-order valence-corrected chi connectivity index (χ0v) is 15.6. The summed E-state index contributed by atoms with van der Waals surface area (Å²) >= 11 is 0. The molecule has 3 rings (SSSR count). The second-order valence-corrected chi connectivity index (χ2v) is 7.15. The number of piperazine rings is 1. The van der Waals surface area contributed by atoms with Crippen LogP contribution in [0.3, 0.4) is 0 Å². The third-order valence-corrected chi connectivity index (χ3v) is 5.45. The van der Waals surface area contributed by atoms with Gasteiger partial charge in [-0.05, 0) is 24.6 Å². The lowest BCUT2D eigenvalue weighted by atomic mass is 10.1. The van der Waals surface area contributed by atoms with Crippen molar-refractivity contribution in [3.63, 3.8) is 0 Å². The highest BCUT2D eigenvalue weighted by Crippen LogP contribution is 2.20. The first-order valence-electron chi connectivity index (χ1n) is 9.41. The molecule has 1 unspecified atom stereocenters. The van der Waals surface area contributed by atoms with Crippen LogP contribution in [-0.2, 0) is 16.1 Å². The summed E-state index contributed by atoms with van der Waals surface area (Å²) in [6.45, 7) is 7.56. The average molecular weight is 356 g/mol. The number of nitrogens with zero attached hydrogens (tertiary/aromatic N) is 4. The van der Waals surface area contributed by atoms with E-state index in [9.17, 15) is 10.1 Å². The Morgan fingerprint density at radius 3 is 2.69 bits per heavy atom. The lowest BCUT2D eigenvalue weighted by Crippen LogP contribution is -2.50. The van der Waals surface area contributed by atoms with Crippen LogP contribution in [0, 0.1) is 17.2 Å². The highest BCUT2D eigenvalue weighted by atomic mass is 16.5. The molecule has 6 nitrogen and oxygen atoms in total. The van der Waals surface area contributed by atoms with Crippen LogP contribution in [0.25, 0.3) is 0 Å².